The molecule has 0 unspecified atom stereocenters. The second-order valence-electron chi connectivity index (χ2n) is 5.26. The lowest BCUT2D eigenvalue weighted by atomic mass is 10.1. The Balaban J connectivity index is 1.74. The number of nitrogens with one attached hydrogen (secondary N) is 1. The zero-order chi connectivity index (χ0) is 14.6. The van der Waals surface area contributed by atoms with E-state index in [0.717, 1.165) is 18.8 Å². The van der Waals surface area contributed by atoms with Gasteiger partial charge in [0.25, 0.3) is 11.7 Å². The first-order valence-corrected chi connectivity index (χ1v) is 7.02. The Kier molecular flexibility index (Phi) is 2.56. The third kappa shape index (κ3) is 1.83. The lowest BCUT2D eigenvalue weighted by Crippen LogP contribution is -2.15. The van der Waals surface area contributed by atoms with Gasteiger partial charge in [-0.15, -0.1) is 0 Å². The van der Waals surface area contributed by atoms with Crippen LogP contribution in [0.25, 0.3) is 0 Å². The molecule has 0 aromatic heterocycles. The van der Waals surface area contributed by atoms with Gasteiger partial charge in [-0.25, -0.2) is 0 Å². The summed E-state index contributed by atoms with van der Waals surface area (Å²) in [5.41, 5.74) is 4.27. The van der Waals surface area contributed by atoms with Crippen LogP contribution in [0.15, 0.2) is 36.4 Å². The minimum atomic E-state index is -0.595. The van der Waals surface area contributed by atoms with E-state index < -0.39 is 11.7 Å². The Morgan fingerprint density at radius 2 is 1.71 bits per heavy atom. The number of nitrogens with zero attached hydrogens (tertiary/aromatic N) is 1. The van der Waals surface area contributed by atoms with Crippen LogP contribution in [0.2, 0.25) is 5.02 Å². The molecule has 0 fully saturated rings. The Hall–Kier alpha value is -2.33. The number of carbonyl (C=O) groups excluding carboxylic acids is 2. The summed E-state index contributed by atoms with van der Waals surface area (Å²) in [6, 6.07) is 11.6. The van der Waals surface area contributed by atoms with Crippen LogP contribution in [0.1, 0.15) is 21.5 Å². The fourth-order valence-electron chi connectivity index (χ4n) is 2.90. The standard InChI is InChI=1S/C16H11ClN2O2/c17-12-5-11-13(18-16(21)15(11)20)6-14(12)19-7-9-3-1-2-4-10(9)8-19/h1-6H,7-8H2,(H,18,20,21). The maximum absolute atomic E-state index is 11.7. The SMILES string of the molecule is O=C1Nc2cc(N3Cc4ccccc4C3)c(Cl)cc2C1=O. The molecule has 1 N–H and O–H groups in total. The molecule has 0 bridgehead atoms. The summed E-state index contributed by atoms with van der Waals surface area (Å²) in [5, 5.41) is 3.08. The summed E-state index contributed by atoms with van der Waals surface area (Å²) in [4.78, 5) is 25.3. The van der Waals surface area contributed by atoms with Gasteiger partial charge in [-0.3, -0.25) is 9.59 Å². The van der Waals surface area contributed by atoms with Crippen LogP contribution in [0, 0.1) is 0 Å². The van der Waals surface area contributed by atoms with Gasteiger partial charge in [0.15, 0.2) is 0 Å². The molecule has 1 amide bonds. The molecule has 2 aromatic rings. The van der Waals surface area contributed by atoms with Crippen LogP contribution < -0.4 is 10.2 Å². The highest BCUT2D eigenvalue weighted by molar-refractivity contribution is 6.52. The predicted octanol–water partition coefficient (Wildman–Crippen LogP) is 3.00. The normalized spacial score (nSPS) is 16.0. The number of hydrogen-bond acceptors (Lipinski definition) is 3. The fraction of sp³-hybridized carbons (Fsp3) is 0.125. The molecule has 0 aliphatic carbocycles. The highest BCUT2D eigenvalue weighted by atomic mass is 35.5. The van der Waals surface area contributed by atoms with E-state index in [0.29, 0.717) is 16.3 Å². The highest BCUT2D eigenvalue weighted by Crippen LogP contribution is 2.38. The number of ketones is 1. The van der Waals surface area contributed by atoms with Crippen LogP contribution >= 0.6 is 11.6 Å². The second kappa shape index (κ2) is 4.33. The zero-order valence-corrected chi connectivity index (χ0v) is 11.8. The van der Waals surface area contributed by atoms with E-state index in [4.69, 9.17) is 11.6 Å². The third-order valence-corrected chi connectivity index (χ3v) is 4.27. The monoisotopic (exact) mass is 298 g/mol. The van der Waals surface area contributed by atoms with E-state index in [2.05, 4.69) is 22.3 Å². The summed E-state index contributed by atoms with van der Waals surface area (Å²) in [5.74, 6) is -1.12. The van der Waals surface area contributed by atoms with Crippen LogP contribution in [0.3, 0.4) is 0 Å². The van der Waals surface area contributed by atoms with Crippen LogP contribution in [0.5, 0.6) is 0 Å². The molecule has 0 atom stereocenters. The first-order valence-electron chi connectivity index (χ1n) is 6.64. The molecule has 0 spiro atoms. The molecule has 21 heavy (non-hydrogen) atoms. The molecule has 5 heteroatoms. The van der Waals surface area contributed by atoms with Crippen molar-refractivity contribution in [2.45, 2.75) is 13.1 Å². The largest absolute Gasteiger partial charge is 0.362 e. The van der Waals surface area contributed by atoms with Gasteiger partial charge in [0, 0.05) is 13.1 Å². The lowest BCUT2D eigenvalue weighted by Gasteiger charge is -2.20. The van der Waals surface area contributed by atoms with Crippen molar-refractivity contribution in [2.24, 2.45) is 0 Å². The van der Waals surface area contributed by atoms with Crippen LogP contribution in [-0.4, -0.2) is 11.7 Å². The van der Waals surface area contributed by atoms with Gasteiger partial charge in [0.2, 0.25) is 0 Å². The molecule has 104 valence electrons. The third-order valence-electron chi connectivity index (χ3n) is 3.97. The summed E-state index contributed by atoms with van der Waals surface area (Å²) < 4.78 is 0. The Labute approximate surface area is 126 Å². The summed E-state index contributed by atoms with van der Waals surface area (Å²) in [7, 11) is 0. The minimum Gasteiger partial charge on any atom is -0.362 e. The molecule has 4 nitrogen and oxygen atoms in total. The van der Waals surface area contributed by atoms with Gasteiger partial charge >= 0.3 is 0 Å². The number of halogens is 1. The molecular weight excluding hydrogens is 288 g/mol. The van der Waals surface area contributed by atoms with Crippen molar-refractivity contribution >= 4 is 34.7 Å². The van der Waals surface area contributed by atoms with Gasteiger partial charge in [-0.05, 0) is 23.3 Å². The van der Waals surface area contributed by atoms with Crippen molar-refractivity contribution in [3.63, 3.8) is 0 Å². The number of carbonyl (C=O) groups is 2. The molecule has 4 rings (SSSR count). The lowest BCUT2D eigenvalue weighted by molar-refractivity contribution is -0.112. The Morgan fingerprint density at radius 1 is 1.05 bits per heavy atom. The zero-order valence-electron chi connectivity index (χ0n) is 11.0. The molecule has 2 aromatic carbocycles. The molecule has 2 heterocycles. The molecule has 0 saturated heterocycles. The van der Waals surface area contributed by atoms with Crippen molar-refractivity contribution in [3.8, 4) is 0 Å². The van der Waals surface area contributed by atoms with E-state index in [1.165, 1.54) is 11.1 Å². The van der Waals surface area contributed by atoms with Gasteiger partial charge in [0.1, 0.15) is 0 Å². The topological polar surface area (TPSA) is 49.4 Å². The first-order chi connectivity index (χ1) is 10.1. The summed E-state index contributed by atoms with van der Waals surface area (Å²) >= 11 is 6.31. The number of fused-ring (bicyclic) bond motifs is 2. The molecule has 0 saturated carbocycles. The van der Waals surface area contributed by atoms with Crippen LogP contribution in [-0.2, 0) is 17.9 Å². The van der Waals surface area contributed by atoms with E-state index >= 15 is 0 Å². The maximum Gasteiger partial charge on any atom is 0.296 e. The smallest absolute Gasteiger partial charge is 0.296 e. The Morgan fingerprint density at radius 3 is 2.38 bits per heavy atom. The predicted molar refractivity (Wildman–Crippen MR) is 80.7 cm³/mol. The number of hydrogen-bond donors (Lipinski definition) is 1. The maximum atomic E-state index is 11.7. The van der Waals surface area contributed by atoms with E-state index in [1.54, 1.807) is 12.1 Å². The fourth-order valence-corrected chi connectivity index (χ4v) is 3.18. The number of benzene rings is 2. The van der Waals surface area contributed by atoms with E-state index in [-0.39, 0.29) is 0 Å². The molecule has 0 radical (unpaired) electrons. The summed E-state index contributed by atoms with van der Waals surface area (Å²) in [6.45, 7) is 1.55. The quantitative estimate of drug-likeness (QED) is 0.823. The number of anilines is 2. The van der Waals surface area contributed by atoms with Crippen molar-refractivity contribution in [3.05, 3.63) is 58.1 Å². The van der Waals surface area contributed by atoms with Crippen molar-refractivity contribution in [1.82, 2.24) is 0 Å². The summed E-state index contributed by atoms with van der Waals surface area (Å²) in [6.07, 6.45) is 0. The van der Waals surface area contributed by atoms with Crippen molar-refractivity contribution in [2.75, 3.05) is 10.2 Å². The number of amides is 1. The van der Waals surface area contributed by atoms with E-state index in [9.17, 15) is 9.59 Å². The van der Waals surface area contributed by atoms with Gasteiger partial charge in [-0.1, -0.05) is 35.9 Å². The van der Waals surface area contributed by atoms with Crippen molar-refractivity contribution in [1.29, 1.82) is 0 Å². The molecular formula is C16H11ClN2O2. The molecule has 2 aliphatic rings. The van der Waals surface area contributed by atoms with Crippen LogP contribution in [0.4, 0.5) is 11.4 Å². The number of rotatable bonds is 1. The van der Waals surface area contributed by atoms with Gasteiger partial charge in [0.05, 0.1) is 22.0 Å². The average molecular weight is 299 g/mol. The second-order valence-corrected chi connectivity index (χ2v) is 5.66. The van der Waals surface area contributed by atoms with Crippen molar-refractivity contribution < 1.29 is 9.59 Å². The molecule has 2 aliphatic heterocycles. The highest BCUT2D eigenvalue weighted by Gasteiger charge is 2.30. The minimum absolute atomic E-state index is 0.352. The Bertz CT molecular complexity index is 776. The average Bonchev–Trinajstić information content (AvgIpc) is 3.01. The van der Waals surface area contributed by atoms with E-state index in [1.807, 2.05) is 12.1 Å². The number of Topliss-reactive ketones (excluding diaryl/α,β-unsaturated/α-hetero) is 1. The van der Waals surface area contributed by atoms with Gasteiger partial charge < -0.3 is 10.2 Å². The van der Waals surface area contributed by atoms with Gasteiger partial charge in [-0.2, -0.15) is 0 Å². The first kappa shape index (κ1) is 12.4.